The van der Waals surface area contributed by atoms with Crippen LogP contribution in [0.15, 0.2) is 85.1 Å². The monoisotopic (exact) mass is 1140 g/mol. The Morgan fingerprint density at radius 2 is 0.439 bits per heavy atom. The van der Waals surface area contributed by atoms with E-state index in [1.807, 2.05) is 0 Å². The summed E-state index contributed by atoms with van der Waals surface area (Å²) in [6, 6.07) is 0. The lowest BCUT2D eigenvalue weighted by Crippen LogP contribution is -2.30. The third kappa shape index (κ3) is 67.4. The molecule has 0 aromatic carbocycles. The van der Waals surface area contributed by atoms with E-state index >= 15 is 0 Å². The predicted octanol–water partition coefficient (Wildman–Crippen LogP) is 24.6. The van der Waals surface area contributed by atoms with E-state index < -0.39 is 6.10 Å². The summed E-state index contributed by atoms with van der Waals surface area (Å²) >= 11 is 0. The Balaban J connectivity index is 4.22. The molecule has 0 N–H and O–H groups in total. The van der Waals surface area contributed by atoms with Gasteiger partial charge in [-0.05, 0) is 122 Å². The van der Waals surface area contributed by atoms with Gasteiger partial charge >= 0.3 is 17.9 Å². The molecule has 0 saturated heterocycles. The van der Waals surface area contributed by atoms with Gasteiger partial charge in [-0.2, -0.15) is 0 Å². The molecule has 82 heavy (non-hydrogen) atoms. The van der Waals surface area contributed by atoms with Gasteiger partial charge in [0.15, 0.2) is 6.10 Å². The van der Waals surface area contributed by atoms with Gasteiger partial charge in [0.1, 0.15) is 13.2 Å². The van der Waals surface area contributed by atoms with Crippen molar-refractivity contribution < 1.29 is 28.6 Å². The summed E-state index contributed by atoms with van der Waals surface area (Å²) in [5.41, 5.74) is 0. The van der Waals surface area contributed by atoms with E-state index in [-0.39, 0.29) is 31.1 Å². The zero-order valence-electron chi connectivity index (χ0n) is 54.5. The second-order valence-electron chi connectivity index (χ2n) is 23.8. The van der Waals surface area contributed by atoms with E-state index in [0.29, 0.717) is 19.3 Å². The number of rotatable bonds is 65. The van der Waals surface area contributed by atoms with Gasteiger partial charge in [-0.3, -0.25) is 14.4 Å². The van der Waals surface area contributed by atoms with Crippen molar-refractivity contribution in [2.24, 2.45) is 0 Å². The minimum Gasteiger partial charge on any atom is -0.462 e. The second-order valence-corrected chi connectivity index (χ2v) is 23.8. The normalized spacial score (nSPS) is 12.6. The molecule has 6 heteroatoms. The van der Waals surface area contributed by atoms with Crippen molar-refractivity contribution in [3.63, 3.8) is 0 Å². The number of esters is 3. The molecule has 0 heterocycles. The Kier molecular flexibility index (Phi) is 67.2. The van der Waals surface area contributed by atoms with Crippen molar-refractivity contribution in [1.29, 1.82) is 0 Å². The highest BCUT2D eigenvalue weighted by molar-refractivity contribution is 5.71. The number of unbranched alkanes of at least 4 members (excludes halogenated alkanes) is 40. The molecule has 1 unspecified atom stereocenters. The van der Waals surface area contributed by atoms with Gasteiger partial charge < -0.3 is 14.2 Å². The Morgan fingerprint density at radius 3 is 0.720 bits per heavy atom. The maximum absolute atomic E-state index is 12.9. The fourth-order valence-corrected chi connectivity index (χ4v) is 10.2. The van der Waals surface area contributed by atoms with Crippen molar-refractivity contribution in [1.82, 2.24) is 0 Å². The van der Waals surface area contributed by atoms with Crippen LogP contribution in [0.1, 0.15) is 361 Å². The van der Waals surface area contributed by atoms with Crippen molar-refractivity contribution in [2.45, 2.75) is 367 Å². The van der Waals surface area contributed by atoms with Gasteiger partial charge in [0, 0.05) is 19.3 Å². The summed E-state index contributed by atoms with van der Waals surface area (Å²) in [4.78, 5) is 38.4. The number of ether oxygens (including phenoxy) is 3. The van der Waals surface area contributed by atoms with E-state index in [1.165, 1.54) is 218 Å². The molecule has 0 bridgehead atoms. The van der Waals surface area contributed by atoms with Gasteiger partial charge in [-0.15, -0.1) is 0 Å². The summed E-state index contributed by atoms with van der Waals surface area (Å²) in [7, 11) is 0. The van der Waals surface area contributed by atoms with Gasteiger partial charge in [-0.25, -0.2) is 0 Å². The topological polar surface area (TPSA) is 78.9 Å². The Labute approximate surface area is 509 Å². The van der Waals surface area contributed by atoms with E-state index in [4.69, 9.17) is 14.2 Å². The quantitative estimate of drug-likeness (QED) is 0.0261. The highest BCUT2D eigenvalue weighted by Crippen LogP contribution is 2.17. The maximum Gasteiger partial charge on any atom is 0.306 e. The summed E-state index contributed by atoms with van der Waals surface area (Å²) < 4.78 is 16.9. The number of hydrogen-bond acceptors (Lipinski definition) is 6. The molecule has 0 amide bonds. The first kappa shape index (κ1) is 78.6. The first-order valence-electron chi connectivity index (χ1n) is 35.6. The highest BCUT2D eigenvalue weighted by Gasteiger charge is 2.19. The SMILES string of the molecule is CCCCC/C=C\CCCCCCCC(=O)OCC(COC(=O)CCCCCCCCCCCCCCCCCC/C=C\C/C=C\C/C=C\CCCCCCC)OC(=O)CCCCCCCC/C=C\C/C=C\C/C=C\CCCCCCC. The fourth-order valence-electron chi connectivity index (χ4n) is 10.2. The minimum absolute atomic E-state index is 0.0822. The van der Waals surface area contributed by atoms with Gasteiger partial charge in [0.05, 0.1) is 0 Å². The zero-order valence-corrected chi connectivity index (χ0v) is 54.5. The lowest BCUT2D eigenvalue weighted by atomic mass is 10.0. The van der Waals surface area contributed by atoms with Crippen LogP contribution in [0, 0.1) is 0 Å². The van der Waals surface area contributed by atoms with Crippen molar-refractivity contribution >= 4 is 17.9 Å². The van der Waals surface area contributed by atoms with Crippen LogP contribution in [0.3, 0.4) is 0 Å². The number of carbonyl (C=O) groups is 3. The van der Waals surface area contributed by atoms with Crippen molar-refractivity contribution in [2.75, 3.05) is 13.2 Å². The zero-order chi connectivity index (χ0) is 59.2. The van der Waals surface area contributed by atoms with Crippen molar-refractivity contribution in [3.05, 3.63) is 85.1 Å². The van der Waals surface area contributed by atoms with Crippen LogP contribution in [0.25, 0.3) is 0 Å². The largest absolute Gasteiger partial charge is 0.462 e. The third-order valence-corrected chi connectivity index (χ3v) is 15.6. The van der Waals surface area contributed by atoms with E-state index in [9.17, 15) is 14.4 Å². The lowest BCUT2D eigenvalue weighted by molar-refractivity contribution is -0.167. The lowest BCUT2D eigenvalue weighted by Gasteiger charge is -2.18. The number of allylic oxidation sites excluding steroid dienone is 14. The number of hydrogen-bond donors (Lipinski definition) is 0. The van der Waals surface area contributed by atoms with Gasteiger partial charge in [0.2, 0.25) is 0 Å². The molecule has 0 aromatic rings. The van der Waals surface area contributed by atoms with Crippen LogP contribution in [-0.4, -0.2) is 37.2 Å². The van der Waals surface area contributed by atoms with Gasteiger partial charge in [-0.1, -0.05) is 305 Å². The van der Waals surface area contributed by atoms with Crippen LogP contribution >= 0.6 is 0 Å². The molecule has 0 saturated carbocycles. The minimum atomic E-state index is -0.788. The average Bonchev–Trinajstić information content (AvgIpc) is 3.47. The van der Waals surface area contributed by atoms with E-state index in [2.05, 4.69) is 106 Å². The molecule has 0 aliphatic carbocycles. The predicted molar refractivity (Wildman–Crippen MR) is 358 cm³/mol. The first-order chi connectivity index (χ1) is 40.5. The third-order valence-electron chi connectivity index (χ3n) is 15.6. The van der Waals surface area contributed by atoms with Crippen LogP contribution in [0.2, 0.25) is 0 Å². The van der Waals surface area contributed by atoms with E-state index in [0.717, 1.165) is 103 Å². The first-order valence-corrected chi connectivity index (χ1v) is 35.6. The van der Waals surface area contributed by atoms with E-state index in [1.54, 1.807) is 0 Å². The Hall–Kier alpha value is -3.41. The highest BCUT2D eigenvalue weighted by atomic mass is 16.6. The molecular weight excluding hydrogens is 1010 g/mol. The summed E-state index contributed by atoms with van der Waals surface area (Å²) in [6.07, 6.45) is 93.3. The maximum atomic E-state index is 12.9. The molecule has 0 radical (unpaired) electrons. The molecule has 1 atom stereocenters. The molecular formula is C76H134O6. The molecule has 0 aliphatic rings. The van der Waals surface area contributed by atoms with Crippen LogP contribution in [0.5, 0.6) is 0 Å². The van der Waals surface area contributed by atoms with Crippen LogP contribution < -0.4 is 0 Å². The summed E-state index contributed by atoms with van der Waals surface area (Å²) in [6.45, 7) is 6.61. The van der Waals surface area contributed by atoms with Crippen LogP contribution in [0.4, 0.5) is 0 Å². The smallest absolute Gasteiger partial charge is 0.306 e. The molecule has 0 rings (SSSR count). The second kappa shape index (κ2) is 70.1. The van der Waals surface area contributed by atoms with Gasteiger partial charge in [0.25, 0.3) is 0 Å². The molecule has 0 fully saturated rings. The summed E-state index contributed by atoms with van der Waals surface area (Å²) in [5.74, 6) is -0.889. The molecule has 0 aromatic heterocycles. The Bertz CT molecular complexity index is 1550. The molecule has 474 valence electrons. The average molecular weight is 1140 g/mol. The molecule has 0 spiro atoms. The molecule has 6 nitrogen and oxygen atoms in total. The number of carbonyl (C=O) groups excluding carboxylic acids is 3. The Morgan fingerprint density at radius 1 is 0.244 bits per heavy atom. The van der Waals surface area contributed by atoms with Crippen LogP contribution in [-0.2, 0) is 28.6 Å². The fraction of sp³-hybridized carbons (Fsp3) is 0.776. The standard InChI is InChI=1S/C76H134O6/c1-4-7-10-13-16-19-22-25-27-29-31-33-34-35-36-37-38-39-40-41-42-44-45-47-49-51-54-57-60-63-66-69-75(78)81-72-73(71-80-74(77)68-65-62-59-56-53-24-21-18-15-12-9-6-3)82-76(79)70-67-64-61-58-55-52-50-48-46-43-32-30-28-26-23-20-17-14-11-8-5-2/h18,21-23,25-26,29-32,34-35,46,48,73H,4-17,19-20,24,27-28,33,36-45,47,49-72H2,1-3H3/b21-18-,25-22-,26-23-,31-29-,32-30-,35-34-,48-46-. The molecule has 0 aliphatic heterocycles. The summed E-state index contributed by atoms with van der Waals surface area (Å²) in [5, 5.41) is 0. The van der Waals surface area contributed by atoms with Crippen molar-refractivity contribution in [3.8, 4) is 0 Å².